The molecular weight excluding hydrogens is 215 g/mol. The first-order valence-electron chi connectivity index (χ1n) is 2.69. The summed E-state index contributed by atoms with van der Waals surface area (Å²) in [6.45, 7) is 6.54. The molecule has 0 aromatic heterocycles. The molecule has 1 saturated heterocycles. The first-order valence-corrected chi connectivity index (χ1v) is 3.77. The Bertz CT molecular complexity index is 98.2. The van der Waals surface area contributed by atoms with Gasteiger partial charge >= 0.3 is 0 Å². The van der Waals surface area contributed by atoms with E-state index < -0.39 is 0 Å². The van der Waals surface area contributed by atoms with E-state index in [2.05, 4.69) is 54.2 Å². The zero-order valence-electron chi connectivity index (χ0n) is 5.38. The van der Waals surface area contributed by atoms with Crippen LogP contribution in [-0.2, 0) is 0 Å². The molecule has 2 nitrogen and oxygen atoms in total. The second-order valence-electron chi connectivity index (χ2n) is 2.85. The summed E-state index contributed by atoms with van der Waals surface area (Å²) in [5.74, 6) is 0. The number of nitrogens with one attached hydrogen (secondary N) is 2. The Hall–Kier alpha value is 0.650. The molecule has 1 rings (SSSR count). The molecule has 0 unspecified atom stereocenters. The molecular formula is C5H11IN2. The van der Waals surface area contributed by atoms with E-state index in [1.165, 1.54) is 0 Å². The number of hydrogen-bond acceptors (Lipinski definition) is 2. The minimum absolute atomic E-state index is 0.174. The van der Waals surface area contributed by atoms with Crippen LogP contribution in [0.15, 0.2) is 0 Å². The molecule has 1 heterocycles. The van der Waals surface area contributed by atoms with Crippen LogP contribution in [0.5, 0.6) is 0 Å². The molecule has 2 N–H and O–H groups in total. The van der Waals surface area contributed by atoms with Crippen molar-refractivity contribution in [3.05, 3.63) is 0 Å². The lowest BCUT2D eigenvalue weighted by Crippen LogP contribution is -2.34. The van der Waals surface area contributed by atoms with Crippen molar-refractivity contribution < 1.29 is 0 Å². The summed E-state index contributed by atoms with van der Waals surface area (Å²) in [5.41, 5.74) is 6.36. The van der Waals surface area contributed by atoms with Crippen molar-refractivity contribution in [3.63, 3.8) is 0 Å². The SMILES string of the molecule is CC(C)(I)C1(C)NN1. The van der Waals surface area contributed by atoms with E-state index in [1.807, 2.05) is 0 Å². The molecule has 3 heteroatoms. The predicted octanol–water partition coefficient (Wildman–Crippen LogP) is 1.02. The van der Waals surface area contributed by atoms with Gasteiger partial charge in [-0.2, -0.15) is 0 Å². The van der Waals surface area contributed by atoms with Gasteiger partial charge in [-0.3, -0.25) is 0 Å². The quantitative estimate of drug-likeness (QED) is 0.398. The van der Waals surface area contributed by atoms with Crippen molar-refractivity contribution in [2.75, 3.05) is 0 Å². The van der Waals surface area contributed by atoms with Crippen LogP contribution >= 0.6 is 22.6 Å². The maximum Gasteiger partial charge on any atom is 0.105 e. The molecule has 0 radical (unpaired) electrons. The Morgan fingerprint density at radius 1 is 1.38 bits per heavy atom. The van der Waals surface area contributed by atoms with Crippen LogP contribution in [0.2, 0.25) is 0 Å². The third-order valence-electron chi connectivity index (χ3n) is 1.69. The zero-order chi connectivity index (χ0) is 6.41. The highest BCUT2D eigenvalue weighted by Crippen LogP contribution is 2.33. The minimum Gasteiger partial charge on any atom is -0.234 e. The molecule has 1 aliphatic heterocycles. The second-order valence-corrected chi connectivity index (χ2v) is 5.54. The third-order valence-corrected chi connectivity index (χ3v) is 2.77. The average Bonchev–Trinajstić information content (AvgIpc) is 2.16. The van der Waals surface area contributed by atoms with Crippen LogP contribution in [0.25, 0.3) is 0 Å². The Morgan fingerprint density at radius 2 is 1.75 bits per heavy atom. The highest BCUT2D eigenvalue weighted by molar-refractivity contribution is 14.1. The summed E-state index contributed by atoms with van der Waals surface area (Å²) in [6.07, 6.45) is 0. The largest absolute Gasteiger partial charge is 0.234 e. The van der Waals surface area contributed by atoms with Crippen LogP contribution in [0.3, 0.4) is 0 Å². The van der Waals surface area contributed by atoms with Crippen molar-refractivity contribution in [3.8, 4) is 0 Å². The number of hydrazine groups is 1. The number of rotatable bonds is 1. The van der Waals surface area contributed by atoms with E-state index in [-0.39, 0.29) is 5.66 Å². The molecule has 0 amide bonds. The van der Waals surface area contributed by atoms with Crippen LogP contribution in [0.1, 0.15) is 20.8 Å². The minimum atomic E-state index is 0.174. The predicted molar refractivity (Wildman–Crippen MR) is 42.8 cm³/mol. The maximum absolute atomic E-state index is 3.09. The summed E-state index contributed by atoms with van der Waals surface area (Å²) in [7, 11) is 0. The molecule has 8 heavy (non-hydrogen) atoms. The van der Waals surface area contributed by atoms with E-state index in [0.29, 0.717) is 3.42 Å². The Kier molecular flexibility index (Phi) is 1.33. The maximum atomic E-state index is 3.09. The fraction of sp³-hybridized carbons (Fsp3) is 1.00. The van der Waals surface area contributed by atoms with Crippen LogP contribution in [0.4, 0.5) is 0 Å². The smallest absolute Gasteiger partial charge is 0.105 e. The van der Waals surface area contributed by atoms with Crippen LogP contribution < -0.4 is 10.9 Å². The van der Waals surface area contributed by atoms with Gasteiger partial charge in [-0.25, -0.2) is 10.9 Å². The highest BCUT2D eigenvalue weighted by Gasteiger charge is 2.48. The van der Waals surface area contributed by atoms with Gasteiger partial charge in [0, 0.05) is 3.42 Å². The molecule has 0 bridgehead atoms. The molecule has 0 spiro atoms. The Labute approximate surface area is 63.5 Å². The van der Waals surface area contributed by atoms with E-state index in [1.54, 1.807) is 0 Å². The van der Waals surface area contributed by atoms with Gasteiger partial charge in [0.15, 0.2) is 0 Å². The summed E-state index contributed by atoms with van der Waals surface area (Å²) >= 11 is 2.42. The fourth-order valence-electron chi connectivity index (χ4n) is 0.391. The normalized spacial score (nSPS) is 25.5. The van der Waals surface area contributed by atoms with Gasteiger partial charge in [-0.05, 0) is 20.8 Å². The molecule has 1 aliphatic rings. The van der Waals surface area contributed by atoms with Gasteiger partial charge in [0.25, 0.3) is 0 Å². The van der Waals surface area contributed by atoms with E-state index >= 15 is 0 Å². The first kappa shape index (κ1) is 6.77. The number of alkyl halides is 1. The fourth-order valence-corrected chi connectivity index (χ4v) is 0.661. The average molecular weight is 226 g/mol. The van der Waals surface area contributed by atoms with Gasteiger partial charge < -0.3 is 0 Å². The Morgan fingerprint density at radius 3 is 1.75 bits per heavy atom. The van der Waals surface area contributed by atoms with E-state index in [4.69, 9.17) is 0 Å². The summed E-state index contributed by atoms with van der Waals surface area (Å²) in [4.78, 5) is 0. The van der Waals surface area contributed by atoms with Gasteiger partial charge in [0.05, 0.1) is 0 Å². The molecule has 0 saturated carbocycles. The highest BCUT2D eigenvalue weighted by atomic mass is 127. The van der Waals surface area contributed by atoms with Gasteiger partial charge in [0.1, 0.15) is 5.66 Å². The van der Waals surface area contributed by atoms with Gasteiger partial charge in [-0.15, -0.1) is 0 Å². The first-order chi connectivity index (χ1) is 3.46. The van der Waals surface area contributed by atoms with Gasteiger partial charge in [0.2, 0.25) is 0 Å². The van der Waals surface area contributed by atoms with Crippen molar-refractivity contribution in [1.82, 2.24) is 10.9 Å². The second kappa shape index (κ2) is 1.58. The number of hydrogen-bond donors (Lipinski definition) is 2. The van der Waals surface area contributed by atoms with E-state index in [0.717, 1.165) is 0 Å². The van der Waals surface area contributed by atoms with Gasteiger partial charge in [-0.1, -0.05) is 22.6 Å². The van der Waals surface area contributed by atoms with Crippen molar-refractivity contribution in [2.24, 2.45) is 0 Å². The Balaban J connectivity index is 2.58. The van der Waals surface area contributed by atoms with Crippen molar-refractivity contribution in [1.29, 1.82) is 0 Å². The monoisotopic (exact) mass is 226 g/mol. The van der Waals surface area contributed by atoms with Crippen LogP contribution in [-0.4, -0.2) is 9.08 Å². The van der Waals surface area contributed by atoms with Crippen LogP contribution in [0, 0.1) is 0 Å². The lowest BCUT2D eigenvalue weighted by molar-refractivity contribution is 0.545. The number of halogens is 1. The topological polar surface area (TPSA) is 43.9 Å². The molecule has 0 aliphatic carbocycles. The zero-order valence-corrected chi connectivity index (χ0v) is 7.54. The molecule has 0 aromatic rings. The van der Waals surface area contributed by atoms with Crippen molar-refractivity contribution in [2.45, 2.75) is 29.9 Å². The molecule has 1 fully saturated rings. The van der Waals surface area contributed by atoms with E-state index in [9.17, 15) is 0 Å². The molecule has 48 valence electrons. The molecule has 0 aromatic carbocycles. The lowest BCUT2D eigenvalue weighted by atomic mass is 10.0. The standard InChI is InChI=1S/C5H11IN2/c1-4(2,6)5(3)7-8-5/h7-8H,1-3H3. The summed E-state index contributed by atoms with van der Waals surface area (Å²) in [6, 6.07) is 0. The van der Waals surface area contributed by atoms with Crippen molar-refractivity contribution >= 4 is 22.6 Å². The molecule has 0 atom stereocenters. The summed E-state index contributed by atoms with van der Waals surface area (Å²) in [5, 5.41) is 0. The lowest BCUT2D eigenvalue weighted by Gasteiger charge is -2.20. The summed E-state index contributed by atoms with van der Waals surface area (Å²) < 4.78 is 0.296. The third kappa shape index (κ3) is 0.989.